The number of carboxylic acid groups (broad SMARTS) is 2. The van der Waals surface area contributed by atoms with Gasteiger partial charge in [-0.15, -0.1) is 0 Å². The molecule has 7 heteroatoms. The van der Waals surface area contributed by atoms with Crippen LogP contribution >= 0.6 is 0 Å². The van der Waals surface area contributed by atoms with Crippen LogP contribution in [0.15, 0.2) is 0 Å². The Morgan fingerprint density at radius 3 is 2.00 bits per heavy atom. The smallest absolute Gasteiger partial charge is 0.326 e. The minimum Gasteiger partial charge on any atom is -0.481 e. The minimum absolute atomic E-state index is 0.0794. The second-order valence-corrected chi connectivity index (χ2v) is 4.37. The summed E-state index contributed by atoms with van der Waals surface area (Å²) in [5.74, 6) is -2.44. The number of hydrogen-bond acceptors (Lipinski definition) is 3. The second kappa shape index (κ2) is 7.52. The van der Waals surface area contributed by atoms with Gasteiger partial charge in [-0.25, -0.2) is 9.59 Å². The molecule has 2 atom stereocenters. The van der Waals surface area contributed by atoms with Gasteiger partial charge in [-0.2, -0.15) is 0 Å². The largest absolute Gasteiger partial charge is 0.481 e. The Kier molecular flexibility index (Phi) is 6.77. The van der Waals surface area contributed by atoms with Crippen LogP contribution in [0.5, 0.6) is 0 Å². The molecule has 0 aromatic carbocycles. The molecule has 0 saturated heterocycles. The molecule has 18 heavy (non-hydrogen) atoms. The molecule has 0 heterocycles. The Hall–Kier alpha value is -1.79. The monoisotopic (exact) mass is 260 g/mol. The molecule has 0 spiro atoms. The first-order valence-corrected chi connectivity index (χ1v) is 5.79. The van der Waals surface area contributed by atoms with Crippen LogP contribution < -0.4 is 10.6 Å². The quantitative estimate of drug-likeness (QED) is 0.536. The lowest BCUT2D eigenvalue weighted by Crippen LogP contribution is -2.50. The van der Waals surface area contributed by atoms with Crippen LogP contribution in [-0.4, -0.2) is 40.3 Å². The number of carbonyl (C=O) groups excluding carboxylic acids is 1. The molecule has 1 unspecified atom stereocenters. The molecule has 0 radical (unpaired) electrons. The molecule has 4 N–H and O–H groups in total. The highest BCUT2D eigenvalue weighted by molar-refractivity contribution is 5.86. The van der Waals surface area contributed by atoms with E-state index in [0.29, 0.717) is 6.42 Å². The summed E-state index contributed by atoms with van der Waals surface area (Å²) in [5, 5.41) is 22.0. The molecule has 0 rings (SSSR count). The number of carbonyl (C=O) groups is 3. The third-order valence-corrected chi connectivity index (χ3v) is 2.54. The molecule has 0 aromatic rings. The van der Waals surface area contributed by atoms with E-state index in [4.69, 9.17) is 10.2 Å². The average molecular weight is 260 g/mol. The summed E-state index contributed by atoms with van der Waals surface area (Å²) < 4.78 is 0. The van der Waals surface area contributed by atoms with Gasteiger partial charge in [0.05, 0.1) is 6.42 Å². The van der Waals surface area contributed by atoms with E-state index in [1.165, 1.54) is 0 Å². The normalized spacial score (nSPS) is 13.8. The zero-order valence-corrected chi connectivity index (χ0v) is 10.8. The van der Waals surface area contributed by atoms with Crippen LogP contribution in [0, 0.1) is 5.92 Å². The fourth-order valence-corrected chi connectivity index (χ4v) is 1.48. The van der Waals surface area contributed by atoms with Crippen LogP contribution in [0.1, 0.15) is 33.6 Å². The number of rotatable bonds is 7. The van der Waals surface area contributed by atoms with Crippen molar-refractivity contribution in [2.24, 2.45) is 5.92 Å². The third-order valence-electron chi connectivity index (χ3n) is 2.54. The Labute approximate surface area is 106 Å². The second-order valence-electron chi connectivity index (χ2n) is 4.37. The fourth-order valence-electron chi connectivity index (χ4n) is 1.48. The van der Waals surface area contributed by atoms with Crippen LogP contribution in [0.25, 0.3) is 0 Å². The van der Waals surface area contributed by atoms with Gasteiger partial charge in [0, 0.05) is 6.04 Å². The van der Waals surface area contributed by atoms with Gasteiger partial charge in [-0.1, -0.05) is 20.8 Å². The predicted octanol–water partition coefficient (Wildman–Crippen LogP) is 0.648. The van der Waals surface area contributed by atoms with Crippen molar-refractivity contribution in [3.05, 3.63) is 0 Å². The third kappa shape index (κ3) is 6.07. The van der Waals surface area contributed by atoms with E-state index < -0.39 is 30.4 Å². The minimum atomic E-state index is -1.42. The van der Waals surface area contributed by atoms with Crippen LogP contribution in [0.2, 0.25) is 0 Å². The van der Waals surface area contributed by atoms with Crippen LogP contribution in [0.3, 0.4) is 0 Å². The SMILES string of the molecule is CCC(NC(=O)N[C@@H](CC(=O)O)C(=O)O)C(C)C. The maximum atomic E-state index is 11.5. The van der Waals surface area contributed by atoms with E-state index >= 15 is 0 Å². The zero-order chi connectivity index (χ0) is 14.3. The molecule has 0 aliphatic heterocycles. The maximum absolute atomic E-state index is 11.5. The number of urea groups is 1. The van der Waals surface area contributed by atoms with Crippen LogP contribution in [0.4, 0.5) is 4.79 Å². The van der Waals surface area contributed by atoms with Crippen molar-refractivity contribution in [2.45, 2.75) is 45.7 Å². The number of carboxylic acids is 2. The first-order chi connectivity index (χ1) is 8.27. The summed E-state index contributed by atoms with van der Waals surface area (Å²) in [5.41, 5.74) is 0. The summed E-state index contributed by atoms with van der Waals surface area (Å²) in [7, 11) is 0. The molecule has 2 amide bonds. The van der Waals surface area contributed by atoms with E-state index in [9.17, 15) is 14.4 Å². The number of aliphatic carboxylic acids is 2. The average Bonchev–Trinajstić information content (AvgIpc) is 2.23. The Morgan fingerprint density at radius 2 is 1.67 bits per heavy atom. The molecule has 104 valence electrons. The summed E-state index contributed by atoms with van der Waals surface area (Å²) in [6, 6.07) is -2.17. The molecule has 0 fully saturated rings. The Morgan fingerprint density at radius 1 is 1.11 bits per heavy atom. The number of nitrogens with one attached hydrogen (secondary N) is 2. The highest BCUT2D eigenvalue weighted by atomic mass is 16.4. The molecular weight excluding hydrogens is 240 g/mol. The molecule has 0 saturated carbocycles. The number of hydrogen-bond donors (Lipinski definition) is 4. The van der Waals surface area contributed by atoms with Crippen molar-refractivity contribution in [2.75, 3.05) is 0 Å². The summed E-state index contributed by atoms with van der Waals surface area (Å²) in [6.45, 7) is 5.76. The van der Waals surface area contributed by atoms with E-state index in [-0.39, 0.29) is 12.0 Å². The zero-order valence-electron chi connectivity index (χ0n) is 10.8. The van der Waals surface area contributed by atoms with Gasteiger partial charge in [0.2, 0.25) is 0 Å². The highest BCUT2D eigenvalue weighted by Gasteiger charge is 2.24. The van der Waals surface area contributed by atoms with Gasteiger partial charge in [-0.3, -0.25) is 4.79 Å². The van der Waals surface area contributed by atoms with Gasteiger partial charge >= 0.3 is 18.0 Å². The van der Waals surface area contributed by atoms with Crippen LogP contribution in [-0.2, 0) is 9.59 Å². The van der Waals surface area contributed by atoms with Gasteiger partial charge < -0.3 is 20.8 Å². The van der Waals surface area contributed by atoms with Crippen molar-refractivity contribution in [1.29, 1.82) is 0 Å². The van der Waals surface area contributed by atoms with Gasteiger partial charge in [0.1, 0.15) is 6.04 Å². The van der Waals surface area contributed by atoms with Gasteiger partial charge in [0.25, 0.3) is 0 Å². The maximum Gasteiger partial charge on any atom is 0.326 e. The first-order valence-electron chi connectivity index (χ1n) is 5.79. The van der Waals surface area contributed by atoms with Crippen molar-refractivity contribution in [3.63, 3.8) is 0 Å². The Balaban J connectivity index is 4.42. The van der Waals surface area contributed by atoms with Crippen molar-refractivity contribution >= 4 is 18.0 Å². The van der Waals surface area contributed by atoms with E-state index in [1.54, 1.807) is 0 Å². The first kappa shape index (κ1) is 16.2. The lowest BCUT2D eigenvalue weighted by Gasteiger charge is -2.22. The molecule has 7 nitrogen and oxygen atoms in total. The molecular formula is C11H20N2O5. The molecule has 0 bridgehead atoms. The summed E-state index contributed by atoms with van der Waals surface area (Å²) in [6.07, 6.45) is 0.0585. The highest BCUT2D eigenvalue weighted by Crippen LogP contribution is 2.05. The van der Waals surface area contributed by atoms with Gasteiger partial charge in [0.15, 0.2) is 0 Å². The lowest BCUT2D eigenvalue weighted by atomic mass is 10.0. The molecule has 0 aliphatic rings. The predicted molar refractivity (Wildman–Crippen MR) is 64.3 cm³/mol. The summed E-state index contributed by atoms with van der Waals surface area (Å²) in [4.78, 5) is 32.7. The van der Waals surface area contributed by atoms with E-state index in [1.807, 2.05) is 20.8 Å². The van der Waals surface area contributed by atoms with E-state index in [2.05, 4.69) is 10.6 Å². The lowest BCUT2D eigenvalue weighted by molar-refractivity contribution is -0.145. The topological polar surface area (TPSA) is 116 Å². The van der Waals surface area contributed by atoms with Crippen molar-refractivity contribution in [3.8, 4) is 0 Å². The standard InChI is InChI=1S/C11H20N2O5/c1-4-7(6(2)3)12-11(18)13-8(10(16)17)5-9(14)15/h6-8H,4-5H2,1-3H3,(H,14,15)(H,16,17)(H2,12,13,18)/t7?,8-/m0/s1. The van der Waals surface area contributed by atoms with E-state index in [0.717, 1.165) is 0 Å². The Bertz CT molecular complexity index is 317. The molecule has 0 aromatic heterocycles. The molecule has 0 aliphatic carbocycles. The summed E-state index contributed by atoms with van der Waals surface area (Å²) >= 11 is 0. The fraction of sp³-hybridized carbons (Fsp3) is 0.727. The van der Waals surface area contributed by atoms with Crippen molar-refractivity contribution in [1.82, 2.24) is 10.6 Å². The number of amides is 2. The van der Waals surface area contributed by atoms with Crippen molar-refractivity contribution < 1.29 is 24.6 Å². The van der Waals surface area contributed by atoms with Gasteiger partial charge in [-0.05, 0) is 12.3 Å².